The maximum absolute atomic E-state index is 12.0. The van der Waals surface area contributed by atoms with Gasteiger partial charge in [-0.2, -0.15) is 5.10 Å². The number of fused-ring (bicyclic) bond motifs is 1. The molecule has 0 aromatic heterocycles. The van der Waals surface area contributed by atoms with E-state index in [2.05, 4.69) is 40.1 Å². The first-order valence-corrected chi connectivity index (χ1v) is 11.1. The molecule has 4 rings (SSSR count). The number of anilines is 1. The third-order valence-corrected chi connectivity index (χ3v) is 5.40. The third kappa shape index (κ3) is 6.05. The Morgan fingerprint density at radius 1 is 0.971 bits per heavy atom. The van der Waals surface area contributed by atoms with Gasteiger partial charge < -0.3 is 14.8 Å². The number of methoxy groups -OCH3 is 1. The molecule has 4 aromatic carbocycles. The van der Waals surface area contributed by atoms with Gasteiger partial charge in [0, 0.05) is 10.7 Å². The SMILES string of the molecule is COc1cc(/C=N\NC(=O)CNc2ccc(Cl)cc2)ccc1OCc1cccc2ccccc12. The summed E-state index contributed by atoms with van der Waals surface area (Å²) in [6.45, 7) is 0.505. The van der Waals surface area contributed by atoms with Crippen molar-refractivity contribution >= 4 is 40.2 Å². The predicted octanol–water partition coefficient (Wildman–Crippen LogP) is 5.64. The van der Waals surface area contributed by atoms with Crippen molar-refractivity contribution in [1.82, 2.24) is 5.43 Å². The Balaban J connectivity index is 1.33. The molecule has 4 aromatic rings. The highest BCUT2D eigenvalue weighted by atomic mass is 35.5. The Bertz CT molecular complexity index is 1300. The van der Waals surface area contributed by atoms with Gasteiger partial charge in [-0.3, -0.25) is 4.79 Å². The van der Waals surface area contributed by atoms with Gasteiger partial charge in [0.15, 0.2) is 11.5 Å². The molecule has 0 bridgehead atoms. The molecule has 172 valence electrons. The van der Waals surface area contributed by atoms with Gasteiger partial charge in [-0.15, -0.1) is 0 Å². The van der Waals surface area contributed by atoms with Crippen LogP contribution in [0.1, 0.15) is 11.1 Å². The molecule has 0 saturated carbocycles. The highest BCUT2D eigenvalue weighted by Gasteiger charge is 2.08. The van der Waals surface area contributed by atoms with Gasteiger partial charge in [-0.05, 0) is 64.4 Å². The van der Waals surface area contributed by atoms with E-state index in [1.165, 1.54) is 5.39 Å². The van der Waals surface area contributed by atoms with Crippen molar-refractivity contribution in [3.05, 3.63) is 101 Å². The monoisotopic (exact) mass is 473 g/mol. The topological polar surface area (TPSA) is 72.0 Å². The number of carbonyl (C=O) groups excluding carboxylic acids is 1. The number of nitrogens with zero attached hydrogens (tertiary/aromatic N) is 1. The zero-order valence-corrected chi connectivity index (χ0v) is 19.4. The van der Waals surface area contributed by atoms with Crippen molar-refractivity contribution in [2.45, 2.75) is 6.61 Å². The molecule has 2 N–H and O–H groups in total. The van der Waals surface area contributed by atoms with Crippen molar-refractivity contribution in [3.63, 3.8) is 0 Å². The Morgan fingerprint density at radius 3 is 2.59 bits per heavy atom. The van der Waals surface area contributed by atoms with Crippen molar-refractivity contribution in [1.29, 1.82) is 0 Å². The molecule has 0 heterocycles. The average molecular weight is 474 g/mol. The highest BCUT2D eigenvalue weighted by molar-refractivity contribution is 6.30. The quantitative estimate of drug-likeness (QED) is 0.243. The van der Waals surface area contributed by atoms with Gasteiger partial charge in [0.1, 0.15) is 6.61 Å². The molecule has 0 radical (unpaired) electrons. The van der Waals surface area contributed by atoms with Crippen LogP contribution in [0.5, 0.6) is 11.5 Å². The maximum atomic E-state index is 12.0. The van der Waals surface area contributed by atoms with Crippen LogP contribution < -0.4 is 20.2 Å². The molecule has 34 heavy (non-hydrogen) atoms. The van der Waals surface area contributed by atoms with Crippen LogP contribution in [-0.4, -0.2) is 25.8 Å². The number of halogens is 1. The normalized spacial score (nSPS) is 10.9. The van der Waals surface area contributed by atoms with Crippen LogP contribution >= 0.6 is 11.6 Å². The van der Waals surface area contributed by atoms with E-state index < -0.39 is 0 Å². The molecule has 0 atom stereocenters. The number of carbonyl (C=O) groups is 1. The van der Waals surface area contributed by atoms with Crippen LogP contribution in [-0.2, 0) is 11.4 Å². The van der Waals surface area contributed by atoms with Gasteiger partial charge in [-0.25, -0.2) is 5.43 Å². The van der Waals surface area contributed by atoms with E-state index in [-0.39, 0.29) is 12.5 Å². The fourth-order valence-electron chi connectivity index (χ4n) is 3.43. The lowest BCUT2D eigenvalue weighted by atomic mass is 10.1. The minimum atomic E-state index is -0.270. The van der Waals surface area contributed by atoms with Gasteiger partial charge in [0.05, 0.1) is 19.9 Å². The molecule has 0 unspecified atom stereocenters. The van der Waals surface area contributed by atoms with Gasteiger partial charge in [0.2, 0.25) is 0 Å². The zero-order chi connectivity index (χ0) is 23.8. The molecule has 7 heteroatoms. The molecule has 0 aliphatic carbocycles. The number of hydrogen-bond donors (Lipinski definition) is 2. The second-order valence-electron chi connectivity index (χ2n) is 7.49. The van der Waals surface area contributed by atoms with Crippen LogP contribution in [0, 0.1) is 0 Å². The van der Waals surface area contributed by atoms with E-state index in [4.69, 9.17) is 21.1 Å². The van der Waals surface area contributed by atoms with Gasteiger partial charge >= 0.3 is 0 Å². The number of amides is 1. The molecule has 0 saturated heterocycles. The van der Waals surface area contributed by atoms with E-state index in [1.54, 1.807) is 43.7 Å². The van der Waals surface area contributed by atoms with E-state index in [0.717, 1.165) is 22.2 Å². The lowest BCUT2D eigenvalue weighted by molar-refractivity contribution is -0.119. The number of hydrogen-bond acceptors (Lipinski definition) is 5. The first-order valence-electron chi connectivity index (χ1n) is 10.7. The summed E-state index contributed by atoms with van der Waals surface area (Å²) in [6, 6.07) is 27.0. The van der Waals surface area contributed by atoms with Gasteiger partial charge in [0.25, 0.3) is 5.91 Å². The molecule has 0 spiro atoms. The molecule has 0 aliphatic rings. The number of benzene rings is 4. The number of ether oxygens (including phenoxy) is 2. The minimum absolute atomic E-state index is 0.0865. The van der Waals surface area contributed by atoms with Crippen LogP contribution in [0.4, 0.5) is 5.69 Å². The number of rotatable bonds is 9. The second-order valence-corrected chi connectivity index (χ2v) is 7.93. The van der Waals surface area contributed by atoms with Gasteiger partial charge in [-0.1, -0.05) is 54.1 Å². The van der Waals surface area contributed by atoms with Crippen LogP contribution in [0.3, 0.4) is 0 Å². The molecule has 6 nitrogen and oxygen atoms in total. The number of hydrazone groups is 1. The predicted molar refractivity (Wildman–Crippen MR) is 137 cm³/mol. The minimum Gasteiger partial charge on any atom is -0.493 e. The smallest absolute Gasteiger partial charge is 0.259 e. The third-order valence-electron chi connectivity index (χ3n) is 5.15. The summed E-state index contributed by atoms with van der Waals surface area (Å²) >= 11 is 5.86. The lowest BCUT2D eigenvalue weighted by Crippen LogP contribution is -2.25. The van der Waals surface area contributed by atoms with E-state index >= 15 is 0 Å². The summed E-state index contributed by atoms with van der Waals surface area (Å²) in [5.74, 6) is 0.942. The zero-order valence-electron chi connectivity index (χ0n) is 18.6. The number of nitrogens with one attached hydrogen (secondary N) is 2. The molecule has 0 aliphatic heterocycles. The fourth-order valence-corrected chi connectivity index (χ4v) is 3.55. The van der Waals surface area contributed by atoms with Crippen molar-refractivity contribution < 1.29 is 14.3 Å². The van der Waals surface area contributed by atoms with Crippen molar-refractivity contribution in [2.24, 2.45) is 5.10 Å². The molecule has 0 fully saturated rings. The second kappa shape index (κ2) is 11.2. The first kappa shape index (κ1) is 23.1. The largest absolute Gasteiger partial charge is 0.493 e. The standard InChI is InChI=1S/C27H24ClN3O3/c1-33-26-15-19(16-30-31-27(32)17-29-23-12-10-22(28)11-13-23)9-14-25(26)34-18-21-7-4-6-20-5-2-3-8-24(20)21/h2-16,29H,17-18H2,1H3,(H,31,32)/b30-16-. The van der Waals surface area contributed by atoms with Crippen LogP contribution in [0.25, 0.3) is 10.8 Å². The summed E-state index contributed by atoms with van der Waals surface area (Å²) in [4.78, 5) is 12.0. The highest BCUT2D eigenvalue weighted by Crippen LogP contribution is 2.29. The Kier molecular flexibility index (Phi) is 7.63. The lowest BCUT2D eigenvalue weighted by Gasteiger charge is -2.12. The van der Waals surface area contributed by atoms with E-state index in [1.807, 2.05) is 30.3 Å². The average Bonchev–Trinajstić information content (AvgIpc) is 2.87. The Morgan fingerprint density at radius 2 is 1.76 bits per heavy atom. The molecule has 1 amide bonds. The van der Waals surface area contributed by atoms with Crippen LogP contribution in [0.2, 0.25) is 5.02 Å². The van der Waals surface area contributed by atoms with E-state index in [9.17, 15) is 4.79 Å². The van der Waals surface area contributed by atoms with E-state index in [0.29, 0.717) is 23.1 Å². The van der Waals surface area contributed by atoms with Crippen molar-refractivity contribution in [2.75, 3.05) is 19.0 Å². The maximum Gasteiger partial charge on any atom is 0.259 e. The Labute approximate surface area is 203 Å². The first-order chi connectivity index (χ1) is 16.6. The molecular formula is C27H24ClN3O3. The van der Waals surface area contributed by atoms with Crippen molar-refractivity contribution in [3.8, 4) is 11.5 Å². The summed E-state index contributed by atoms with van der Waals surface area (Å²) in [5.41, 5.74) is 5.16. The summed E-state index contributed by atoms with van der Waals surface area (Å²) in [7, 11) is 1.59. The molecular weight excluding hydrogens is 450 g/mol. The summed E-state index contributed by atoms with van der Waals surface area (Å²) < 4.78 is 11.5. The Hall–Kier alpha value is -4.03. The fraction of sp³-hybridized carbons (Fsp3) is 0.111. The summed E-state index contributed by atoms with van der Waals surface area (Å²) in [5, 5.41) is 10.00. The summed E-state index contributed by atoms with van der Waals surface area (Å²) in [6.07, 6.45) is 1.55. The van der Waals surface area contributed by atoms with Crippen LogP contribution in [0.15, 0.2) is 90.0 Å².